The highest BCUT2D eigenvalue weighted by Gasteiger charge is 2.59. The minimum atomic E-state index is -5.34. The largest absolute Gasteiger partial charge is 0.369 e. The minimum absolute atomic E-state index is 0.0260. The highest BCUT2D eigenvalue weighted by atomic mass is 31.2. The van der Waals surface area contributed by atoms with E-state index < -0.39 is 26.7 Å². The Labute approximate surface area is 111 Å². The van der Waals surface area contributed by atoms with E-state index in [9.17, 15) is 14.2 Å². The smallest absolute Gasteiger partial charge is 0.367 e. The van der Waals surface area contributed by atoms with Gasteiger partial charge in [-0.15, -0.1) is 0 Å². The molecule has 10 heteroatoms. The summed E-state index contributed by atoms with van der Waals surface area (Å²) in [5.41, 5.74) is 0. The Morgan fingerprint density at radius 1 is 1.16 bits per heavy atom. The summed E-state index contributed by atoms with van der Waals surface area (Å²) in [4.78, 5) is 37.9. The van der Waals surface area contributed by atoms with E-state index in [1.54, 1.807) is 0 Å². The van der Waals surface area contributed by atoms with Crippen LogP contribution in [0.25, 0.3) is 0 Å². The summed E-state index contributed by atoms with van der Waals surface area (Å²) in [5.74, 6) is 0.410. The molecule has 114 valence electrons. The van der Waals surface area contributed by atoms with Gasteiger partial charge in [-0.1, -0.05) is 6.92 Å². The van der Waals surface area contributed by atoms with Gasteiger partial charge in [0.15, 0.2) is 0 Å². The summed E-state index contributed by atoms with van der Waals surface area (Å²) in [6, 6.07) is 0.160. The van der Waals surface area contributed by atoms with Gasteiger partial charge in [-0.05, 0) is 19.3 Å². The maximum atomic E-state index is 11.2. The lowest BCUT2D eigenvalue weighted by Crippen LogP contribution is -2.36. The highest BCUT2D eigenvalue weighted by molar-refractivity contribution is 7.72. The second-order valence-corrected chi connectivity index (χ2v) is 9.31. The van der Waals surface area contributed by atoms with Crippen LogP contribution in [-0.2, 0) is 9.13 Å². The van der Waals surface area contributed by atoms with E-state index in [1.807, 2.05) is 18.7 Å². The molecule has 8 nitrogen and oxygen atoms in total. The predicted octanol–water partition coefficient (Wildman–Crippen LogP) is 0.108. The number of rotatable bonds is 5. The summed E-state index contributed by atoms with van der Waals surface area (Å²) in [6.45, 7) is 4.66. The molecule has 1 aliphatic heterocycles. The van der Waals surface area contributed by atoms with Crippen molar-refractivity contribution in [3.63, 3.8) is 0 Å². The molecular formula is C9H21NO7P2. The lowest BCUT2D eigenvalue weighted by Gasteiger charge is -2.31. The van der Waals surface area contributed by atoms with E-state index in [0.717, 1.165) is 6.42 Å². The molecule has 0 bridgehead atoms. The van der Waals surface area contributed by atoms with Crippen molar-refractivity contribution in [3.8, 4) is 0 Å². The van der Waals surface area contributed by atoms with Crippen LogP contribution in [0.1, 0.15) is 26.7 Å². The van der Waals surface area contributed by atoms with Crippen molar-refractivity contribution >= 4 is 15.2 Å². The number of hydrogen-bond acceptors (Lipinski definition) is 4. The number of hydrogen-bond donors (Lipinski definition) is 5. The monoisotopic (exact) mass is 317 g/mol. The molecule has 1 fully saturated rings. The second kappa shape index (κ2) is 5.54. The number of likely N-dealkylation sites (tertiary alicyclic amines) is 1. The Morgan fingerprint density at radius 2 is 1.63 bits per heavy atom. The minimum Gasteiger partial charge on any atom is -0.367 e. The fourth-order valence-corrected chi connectivity index (χ4v) is 4.59. The average molecular weight is 317 g/mol. The van der Waals surface area contributed by atoms with Crippen molar-refractivity contribution in [3.05, 3.63) is 0 Å². The highest BCUT2D eigenvalue weighted by Crippen LogP contribution is 2.68. The van der Waals surface area contributed by atoms with Crippen LogP contribution in [0.3, 0.4) is 0 Å². The Bertz CT molecular complexity index is 395. The van der Waals surface area contributed by atoms with Gasteiger partial charge in [-0.25, -0.2) is 0 Å². The molecule has 2 unspecified atom stereocenters. The zero-order valence-electron chi connectivity index (χ0n) is 10.9. The van der Waals surface area contributed by atoms with Crippen molar-refractivity contribution in [1.29, 1.82) is 0 Å². The van der Waals surface area contributed by atoms with Crippen LogP contribution in [0, 0.1) is 5.92 Å². The molecule has 1 heterocycles. The first-order valence-corrected chi connectivity index (χ1v) is 9.18. The lowest BCUT2D eigenvalue weighted by molar-refractivity contribution is 0.107. The van der Waals surface area contributed by atoms with Crippen molar-refractivity contribution in [1.82, 2.24) is 4.90 Å². The van der Waals surface area contributed by atoms with E-state index in [2.05, 4.69) is 0 Å². The summed E-state index contributed by atoms with van der Waals surface area (Å²) < 4.78 is 22.4. The Kier molecular flexibility index (Phi) is 5.04. The van der Waals surface area contributed by atoms with Crippen molar-refractivity contribution in [2.45, 2.75) is 37.8 Å². The summed E-state index contributed by atoms with van der Waals surface area (Å²) >= 11 is 0. The number of aliphatic hydroxyl groups is 1. The van der Waals surface area contributed by atoms with Crippen LogP contribution in [0.2, 0.25) is 0 Å². The molecule has 0 amide bonds. The summed E-state index contributed by atoms with van der Waals surface area (Å²) in [6.07, 6.45) is 0.239. The normalized spacial score (nSPS) is 26.9. The van der Waals surface area contributed by atoms with Crippen molar-refractivity contribution < 1.29 is 33.8 Å². The van der Waals surface area contributed by atoms with Crippen LogP contribution in [-0.4, -0.2) is 53.8 Å². The van der Waals surface area contributed by atoms with Crippen LogP contribution in [0.15, 0.2) is 0 Å². The molecule has 1 aliphatic rings. The molecule has 0 aromatic carbocycles. The Balaban J connectivity index is 2.82. The first-order valence-electron chi connectivity index (χ1n) is 5.96. The fourth-order valence-electron chi connectivity index (χ4n) is 2.45. The van der Waals surface area contributed by atoms with Crippen molar-refractivity contribution in [2.75, 3.05) is 13.1 Å². The first kappa shape index (κ1) is 17.3. The van der Waals surface area contributed by atoms with Gasteiger partial charge in [-0.3, -0.25) is 9.13 Å². The van der Waals surface area contributed by atoms with Crippen molar-refractivity contribution in [2.24, 2.45) is 5.92 Å². The van der Waals surface area contributed by atoms with Gasteiger partial charge in [-0.2, -0.15) is 0 Å². The maximum absolute atomic E-state index is 11.2. The van der Waals surface area contributed by atoms with Gasteiger partial charge in [0.05, 0.1) is 0 Å². The first-order chi connectivity index (χ1) is 8.38. The standard InChI is InChI=1S/C9H21NO7P2/c1-7-5-8(2)10(6-7)4-3-9(11,18(12,13)14)19(15,16)17/h7-8,11H,3-6H2,1-2H3,(H2,12,13,14)(H2,15,16,17). The Hall–Kier alpha value is 0.220. The third kappa shape index (κ3) is 3.65. The quantitative estimate of drug-likeness (QED) is 0.450. The molecule has 19 heavy (non-hydrogen) atoms. The fraction of sp³-hybridized carbons (Fsp3) is 1.00. The van der Waals surface area contributed by atoms with Gasteiger partial charge in [0.2, 0.25) is 0 Å². The third-order valence-electron chi connectivity index (χ3n) is 3.58. The molecule has 5 N–H and O–H groups in total. The van der Waals surface area contributed by atoms with E-state index in [0.29, 0.717) is 12.5 Å². The maximum Gasteiger partial charge on any atom is 0.369 e. The van der Waals surface area contributed by atoms with Gasteiger partial charge in [0.25, 0.3) is 5.08 Å². The molecule has 0 aromatic heterocycles. The van der Waals surface area contributed by atoms with Crippen LogP contribution < -0.4 is 0 Å². The zero-order chi connectivity index (χ0) is 15.1. The van der Waals surface area contributed by atoms with E-state index in [-0.39, 0.29) is 12.6 Å². The summed E-state index contributed by atoms with van der Waals surface area (Å²) in [5, 5.41) is 6.44. The topological polar surface area (TPSA) is 139 Å². The summed E-state index contributed by atoms with van der Waals surface area (Å²) in [7, 11) is -10.7. The average Bonchev–Trinajstić information content (AvgIpc) is 2.50. The van der Waals surface area contributed by atoms with Gasteiger partial charge < -0.3 is 29.6 Å². The zero-order valence-corrected chi connectivity index (χ0v) is 12.7. The molecule has 0 saturated carbocycles. The predicted molar refractivity (Wildman–Crippen MR) is 68.5 cm³/mol. The van der Waals surface area contributed by atoms with Gasteiger partial charge >= 0.3 is 15.2 Å². The van der Waals surface area contributed by atoms with Gasteiger partial charge in [0.1, 0.15) is 0 Å². The van der Waals surface area contributed by atoms with E-state index >= 15 is 0 Å². The van der Waals surface area contributed by atoms with Crippen LogP contribution in [0.4, 0.5) is 0 Å². The van der Waals surface area contributed by atoms with Gasteiger partial charge in [0, 0.05) is 25.6 Å². The molecule has 1 saturated heterocycles. The molecule has 0 radical (unpaired) electrons. The van der Waals surface area contributed by atoms with Crippen LogP contribution in [0.5, 0.6) is 0 Å². The molecular weight excluding hydrogens is 296 g/mol. The van der Waals surface area contributed by atoms with E-state index in [4.69, 9.17) is 19.6 Å². The lowest BCUT2D eigenvalue weighted by atomic mass is 10.1. The SMILES string of the molecule is CC1CC(C)N(CCC(O)(P(=O)(O)O)P(=O)(O)O)C1. The molecule has 0 aliphatic carbocycles. The molecule has 1 rings (SSSR count). The molecule has 0 spiro atoms. The second-order valence-electron chi connectivity index (χ2n) is 5.30. The third-order valence-corrected chi connectivity index (χ3v) is 7.46. The van der Waals surface area contributed by atoms with E-state index in [1.165, 1.54) is 0 Å². The number of nitrogens with zero attached hydrogens (tertiary/aromatic N) is 1. The molecule has 2 atom stereocenters. The van der Waals surface area contributed by atoms with Crippen LogP contribution >= 0.6 is 15.2 Å². The molecule has 0 aromatic rings. The Morgan fingerprint density at radius 3 is 1.95 bits per heavy atom.